The van der Waals surface area contributed by atoms with E-state index in [1.807, 2.05) is 19.1 Å². The number of rotatable bonds is 12. The van der Waals surface area contributed by atoms with Crippen molar-refractivity contribution in [3.05, 3.63) is 48.1 Å². The number of hydrogen-bond donors (Lipinski definition) is 0. The van der Waals surface area contributed by atoms with Crippen LogP contribution in [0.3, 0.4) is 0 Å². The molecule has 2 rings (SSSR count). The van der Waals surface area contributed by atoms with Crippen molar-refractivity contribution in [3.63, 3.8) is 0 Å². The Balaban J connectivity index is 2.68. The molecule has 5 heteroatoms. The van der Waals surface area contributed by atoms with Gasteiger partial charge in [-0.15, -0.1) is 6.58 Å². The van der Waals surface area contributed by atoms with Gasteiger partial charge in [0.1, 0.15) is 0 Å². The summed E-state index contributed by atoms with van der Waals surface area (Å²) in [5, 5.41) is 0. The van der Waals surface area contributed by atoms with E-state index in [1.54, 1.807) is 0 Å². The molecule has 4 nitrogen and oxygen atoms in total. The zero-order valence-corrected chi connectivity index (χ0v) is 24.8. The van der Waals surface area contributed by atoms with Gasteiger partial charge in [-0.3, -0.25) is 0 Å². The van der Waals surface area contributed by atoms with Gasteiger partial charge >= 0.3 is 6.16 Å². The van der Waals surface area contributed by atoms with Crippen molar-refractivity contribution in [3.8, 4) is 0 Å². The number of allylic oxidation sites excluding steroid dienone is 4. The lowest BCUT2D eigenvalue weighted by atomic mass is 9.60. The minimum atomic E-state index is -1.84. The Bertz CT molecular complexity index is 838. The van der Waals surface area contributed by atoms with Crippen LogP contribution in [0.4, 0.5) is 4.79 Å². The van der Waals surface area contributed by atoms with Crippen LogP contribution in [0.5, 0.6) is 0 Å². The monoisotopic (exact) mass is 502 g/mol. The molecular weight excluding hydrogens is 452 g/mol. The molecule has 0 radical (unpaired) electrons. The van der Waals surface area contributed by atoms with Crippen LogP contribution in [0, 0.1) is 10.8 Å². The molecule has 2 aliphatic rings. The van der Waals surface area contributed by atoms with Crippen molar-refractivity contribution in [2.45, 2.75) is 124 Å². The summed E-state index contributed by atoms with van der Waals surface area (Å²) < 4.78 is 19.5. The summed E-state index contributed by atoms with van der Waals surface area (Å²) in [5.74, 6) is 0. The molecule has 0 N–H and O–H groups in total. The van der Waals surface area contributed by atoms with Gasteiger partial charge in [0.25, 0.3) is 0 Å². The van der Waals surface area contributed by atoms with Crippen LogP contribution in [0.15, 0.2) is 48.1 Å². The van der Waals surface area contributed by atoms with E-state index < -0.39 is 31.6 Å². The number of ether oxygens (including phenoxy) is 2. The van der Waals surface area contributed by atoms with Gasteiger partial charge < -0.3 is 13.9 Å². The van der Waals surface area contributed by atoms with Gasteiger partial charge in [-0.2, -0.15) is 0 Å². The average molecular weight is 503 g/mol. The summed E-state index contributed by atoms with van der Waals surface area (Å²) in [6.45, 7) is 23.7. The molecule has 4 atom stereocenters. The van der Waals surface area contributed by atoms with Gasteiger partial charge in [0, 0.05) is 17.3 Å². The topological polar surface area (TPSA) is 44.8 Å². The van der Waals surface area contributed by atoms with Crippen LogP contribution in [0.2, 0.25) is 18.1 Å². The SMILES string of the molecule is C=CC[C@@]1(C)C([C@@H]2OC(=O)O[C@@]2(CC=C(C)C)C(C)(C)/C=C/C)=CCC[C@@H]1O[Si](CC)(CC)CC. The second kappa shape index (κ2) is 11.6. The van der Waals surface area contributed by atoms with Gasteiger partial charge in [-0.1, -0.05) is 77.5 Å². The fraction of sp³-hybridized carbons (Fsp3) is 0.700. The van der Waals surface area contributed by atoms with E-state index in [4.69, 9.17) is 13.9 Å². The Morgan fingerprint density at radius 1 is 1.23 bits per heavy atom. The molecule has 0 amide bonds. The maximum Gasteiger partial charge on any atom is 0.509 e. The molecule has 0 saturated carbocycles. The zero-order chi connectivity index (χ0) is 26.5. The first-order chi connectivity index (χ1) is 16.4. The zero-order valence-electron chi connectivity index (χ0n) is 23.8. The average Bonchev–Trinajstić information content (AvgIpc) is 3.15. The third-order valence-corrected chi connectivity index (χ3v) is 13.4. The van der Waals surface area contributed by atoms with Crippen molar-refractivity contribution in [1.82, 2.24) is 0 Å². The first-order valence-corrected chi connectivity index (χ1v) is 16.1. The van der Waals surface area contributed by atoms with Gasteiger partial charge in [0.2, 0.25) is 0 Å². The molecule has 0 spiro atoms. The summed E-state index contributed by atoms with van der Waals surface area (Å²) in [5.41, 5.74) is 0.714. The summed E-state index contributed by atoms with van der Waals surface area (Å²) in [6, 6.07) is 3.33. The van der Waals surface area contributed by atoms with Crippen LogP contribution in [0.1, 0.15) is 88.0 Å². The Kier molecular flexibility index (Phi) is 9.86. The molecule has 35 heavy (non-hydrogen) atoms. The van der Waals surface area contributed by atoms with Gasteiger partial charge in [0.15, 0.2) is 20.0 Å². The smallest absolute Gasteiger partial charge is 0.422 e. The molecule has 0 bridgehead atoms. The van der Waals surface area contributed by atoms with Crippen molar-refractivity contribution in [2.24, 2.45) is 10.8 Å². The van der Waals surface area contributed by atoms with Crippen molar-refractivity contribution < 1.29 is 18.7 Å². The lowest BCUT2D eigenvalue weighted by Crippen LogP contribution is -2.56. The molecule has 0 aromatic rings. The predicted octanol–water partition coefficient (Wildman–Crippen LogP) is 8.91. The van der Waals surface area contributed by atoms with Crippen molar-refractivity contribution in [1.29, 1.82) is 0 Å². The highest BCUT2D eigenvalue weighted by Crippen LogP contribution is 2.55. The van der Waals surface area contributed by atoms with Gasteiger partial charge in [0.05, 0.1) is 6.10 Å². The second-order valence-corrected chi connectivity index (χ2v) is 16.2. The Morgan fingerprint density at radius 3 is 2.37 bits per heavy atom. The van der Waals surface area contributed by atoms with Crippen LogP contribution in [-0.2, 0) is 13.9 Å². The highest BCUT2D eigenvalue weighted by molar-refractivity contribution is 6.73. The summed E-state index contributed by atoms with van der Waals surface area (Å²) in [7, 11) is -1.84. The first-order valence-electron chi connectivity index (χ1n) is 13.6. The largest absolute Gasteiger partial charge is 0.509 e. The van der Waals surface area contributed by atoms with Crippen LogP contribution >= 0.6 is 0 Å². The number of carbonyl (C=O) groups is 1. The molecule has 1 saturated heterocycles. The van der Waals surface area contributed by atoms with E-state index in [0.29, 0.717) is 6.42 Å². The van der Waals surface area contributed by atoms with E-state index in [9.17, 15) is 4.79 Å². The lowest BCUT2D eigenvalue weighted by Gasteiger charge is -2.50. The Hall–Kier alpha value is -1.59. The lowest BCUT2D eigenvalue weighted by molar-refractivity contribution is -0.0485. The molecule has 0 aromatic carbocycles. The summed E-state index contributed by atoms with van der Waals surface area (Å²) >= 11 is 0. The molecule has 198 valence electrons. The summed E-state index contributed by atoms with van der Waals surface area (Å²) in [6.07, 6.45) is 12.9. The van der Waals surface area contributed by atoms with Crippen LogP contribution in [0.25, 0.3) is 0 Å². The second-order valence-electron chi connectivity index (χ2n) is 11.4. The van der Waals surface area contributed by atoms with Gasteiger partial charge in [-0.25, -0.2) is 4.79 Å². The van der Waals surface area contributed by atoms with E-state index in [2.05, 4.69) is 80.2 Å². The Labute approximate surface area is 216 Å². The fourth-order valence-corrected chi connectivity index (χ4v) is 9.08. The van der Waals surface area contributed by atoms with Crippen LogP contribution in [-0.4, -0.2) is 32.3 Å². The van der Waals surface area contributed by atoms with Crippen molar-refractivity contribution >= 4 is 14.5 Å². The minimum absolute atomic E-state index is 0.0669. The quantitative estimate of drug-likeness (QED) is 0.152. The molecule has 1 fully saturated rings. The third-order valence-electron chi connectivity index (χ3n) is 8.73. The van der Waals surface area contributed by atoms with E-state index in [-0.39, 0.29) is 11.5 Å². The maximum absolute atomic E-state index is 12.9. The van der Waals surface area contributed by atoms with E-state index in [1.165, 1.54) is 5.57 Å². The van der Waals surface area contributed by atoms with E-state index >= 15 is 0 Å². The van der Waals surface area contributed by atoms with Crippen LogP contribution < -0.4 is 0 Å². The first kappa shape index (κ1) is 29.6. The molecular formula is C30H50O4Si. The number of carbonyl (C=O) groups excluding carboxylic acids is 1. The highest BCUT2D eigenvalue weighted by atomic mass is 28.4. The highest BCUT2D eigenvalue weighted by Gasteiger charge is 2.63. The molecule has 1 heterocycles. The standard InChI is InChI=1S/C30H50O4Si/c1-11-20-28(8,9)30(22-19-23(6)7)26(32-27(31)33-30)24-17-16-18-25(29(24,10)21-12-2)34-35(13-3,14-4)15-5/h11-12,17,19-20,25-26H,2,13-16,18,21-22H2,1,3-10H3/b20-11+/t25-,26-,29-,30+/m0/s1. The summed E-state index contributed by atoms with van der Waals surface area (Å²) in [4.78, 5) is 12.9. The molecule has 1 aliphatic heterocycles. The fourth-order valence-electron chi connectivity index (χ4n) is 6.10. The maximum atomic E-state index is 12.9. The Morgan fingerprint density at radius 2 is 1.86 bits per heavy atom. The third kappa shape index (κ3) is 5.72. The number of cyclic esters (lactones) is 2. The molecule has 0 aromatic heterocycles. The number of hydrogen-bond acceptors (Lipinski definition) is 4. The van der Waals surface area contributed by atoms with Crippen molar-refractivity contribution in [2.75, 3.05) is 0 Å². The normalized spacial score (nSPS) is 29.5. The molecule has 1 aliphatic carbocycles. The predicted molar refractivity (Wildman–Crippen MR) is 149 cm³/mol. The minimum Gasteiger partial charge on any atom is -0.422 e. The van der Waals surface area contributed by atoms with Gasteiger partial charge in [-0.05, 0) is 63.7 Å². The molecule has 0 unspecified atom stereocenters. The van der Waals surface area contributed by atoms with E-state index in [0.717, 1.165) is 43.0 Å².